The Morgan fingerprint density at radius 3 is 2.71 bits per heavy atom. The molecule has 0 amide bonds. The molecular formula is C14H18O3. The van der Waals surface area contributed by atoms with Crippen molar-refractivity contribution in [1.82, 2.24) is 0 Å². The Kier molecular flexibility index (Phi) is 4.46. The third-order valence-corrected chi connectivity index (χ3v) is 2.78. The fourth-order valence-electron chi connectivity index (χ4n) is 1.71. The van der Waals surface area contributed by atoms with E-state index in [0.29, 0.717) is 18.6 Å². The first-order chi connectivity index (χ1) is 8.02. The molecule has 3 nitrogen and oxygen atoms in total. The molecule has 0 saturated heterocycles. The summed E-state index contributed by atoms with van der Waals surface area (Å²) in [7, 11) is 0. The van der Waals surface area contributed by atoms with Gasteiger partial charge in [0, 0.05) is 0 Å². The number of aryl methyl sites for hydroxylation is 1. The number of ether oxygens (including phenoxy) is 1. The SMILES string of the molecule is C=CCCOC(C)(C(=O)O)c1ccccc1C. The normalized spacial score (nSPS) is 14.0. The third kappa shape index (κ3) is 2.94. The second-order valence-electron chi connectivity index (χ2n) is 4.08. The van der Waals surface area contributed by atoms with E-state index in [-0.39, 0.29) is 0 Å². The third-order valence-electron chi connectivity index (χ3n) is 2.78. The van der Waals surface area contributed by atoms with Crippen LogP contribution in [0.3, 0.4) is 0 Å². The molecule has 1 aromatic rings. The molecule has 0 heterocycles. The van der Waals surface area contributed by atoms with Crippen LogP contribution >= 0.6 is 0 Å². The topological polar surface area (TPSA) is 46.5 Å². The van der Waals surface area contributed by atoms with Crippen molar-refractivity contribution in [3.63, 3.8) is 0 Å². The zero-order valence-corrected chi connectivity index (χ0v) is 10.3. The summed E-state index contributed by atoms with van der Waals surface area (Å²) >= 11 is 0. The molecule has 1 aromatic carbocycles. The van der Waals surface area contributed by atoms with Crippen LogP contribution < -0.4 is 0 Å². The molecular weight excluding hydrogens is 216 g/mol. The lowest BCUT2D eigenvalue weighted by molar-refractivity contribution is -0.165. The maximum atomic E-state index is 11.4. The van der Waals surface area contributed by atoms with Crippen molar-refractivity contribution in [1.29, 1.82) is 0 Å². The van der Waals surface area contributed by atoms with Crippen molar-refractivity contribution in [2.75, 3.05) is 6.61 Å². The van der Waals surface area contributed by atoms with Gasteiger partial charge >= 0.3 is 5.97 Å². The molecule has 0 aliphatic carbocycles. The lowest BCUT2D eigenvalue weighted by Crippen LogP contribution is -2.36. The molecule has 0 aliphatic heterocycles. The first-order valence-corrected chi connectivity index (χ1v) is 5.56. The van der Waals surface area contributed by atoms with Gasteiger partial charge in [0.05, 0.1) is 6.61 Å². The van der Waals surface area contributed by atoms with Gasteiger partial charge in [-0.1, -0.05) is 30.3 Å². The average Bonchev–Trinajstić information content (AvgIpc) is 2.29. The average molecular weight is 234 g/mol. The molecule has 92 valence electrons. The number of carbonyl (C=O) groups is 1. The van der Waals surface area contributed by atoms with E-state index < -0.39 is 11.6 Å². The second-order valence-corrected chi connectivity index (χ2v) is 4.08. The van der Waals surface area contributed by atoms with Crippen molar-refractivity contribution < 1.29 is 14.6 Å². The number of aliphatic carboxylic acids is 1. The fraction of sp³-hybridized carbons (Fsp3) is 0.357. The highest BCUT2D eigenvalue weighted by molar-refractivity contribution is 5.79. The largest absolute Gasteiger partial charge is 0.479 e. The lowest BCUT2D eigenvalue weighted by atomic mass is 9.92. The molecule has 1 unspecified atom stereocenters. The quantitative estimate of drug-likeness (QED) is 0.608. The van der Waals surface area contributed by atoms with Crippen LogP contribution in [0.1, 0.15) is 24.5 Å². The van der Waals surface area contributed by atoms with Gasteiger partial charge in [-0.3, -0.25) is 0 Å². The molecule has 1 N–H and O–H groups in total. The highest BCUT2D eigenvalue weighted by Gasteiger charge is 2.37. The summed E-state index contributed by atoms with van der Waals surface area (Å²) in [5.41, 5.74) is 0.307. The number of hydrogen-bond acceptors (Lipinski definition) is 2. The van der Waals surface area contributed by atoms with Crippen LogP contribution in [0.5, 0.6) is 0 Å². The summed E-state index contributed by atoms with van der Waals surface area (Å²) in [5, 5.41) is 9.36. The van der Waals surface area contributed by atoms with Gasteiger partial charge in [0.15, 0.2) is 5.60 Å². The number of rotatable bonds is 6. The molecule has 1 rings (SSSR count). The monoisotopic (exact) mass is 234 g/mol. The highest BCUT2D eigenvalue weighted by Crippen LogP contribution is 2.28. The molecule has 0 aliphatic rings. The first kappa shape index (κ1) is 13.5. The van der Waals surface area contributed by atoms with Gasteiger partial charge in [-0.05, 0) is 31.4 Å². The van der Waals surface area contributed by atoms with E-state index >= 15 is 0 Å². The first-order valence-electron chi connectivity index (χ1n) is 5.56. The Morgan fingerprint density at radius 1 is 1.53 bits per heavy atom. The minimum atomic E-state index is -1.30. The molecule has 0 spiro atoms. The fourth-order valence-corrected chi connectivity index (χ4v) is 1.71. The standard InChI is InChI=1S/C14H18O3/c1-4-5-10-17-14(3,13(15)16)12-9-7-6-8-11(12)2/h4,6-9H,1,5,10H2,2-3H3,(H,15,16). The van der Waals surface area contributed by atoms with E-state index in [1.165, 1.54) is 0 Å². The number of benzene rings is 1. The molecule has 17 heavy (non-hydrogen) atoms. The summed E-state index contributed by atoms with van der Waals surface area (Å²) in [5.74, 6) is -0.976. The number of carboxylic acids is 1. The van der Waals surface area contributed by atoms with Crippen molar-refractivity contribution in [3.05, 3.63) is 48.0 Å². The van der Waals surface area contributed by atoms with Crippen LogP contribution in [0.4, 0.5) is 0 Å². The van der Waals surface area contributed by atoms with Gasteiger partial charge in [-0.2, -0.15) is 0 Å². The Bertz CT molecular complexity index is 412. The van der Waals surface area contributed by atoms with Crippen LogP contribution in [0.25, 0.3) is 0 Å². The van der Waals surface area contributed by atoms with Gasteiger partial charge in [-0.15, -0.1) is 6.58 Å². The molecule has 0 saturated carbocycles. The van der Waals surface area contributed by atoms with Crippen molar-refractivity contribution in [3.8, 4) is 0 Å². The Morgan fingerprint density at radius 2 is 2.18 bits per heavy atom. The van der Waals surface area contributed by atoms with E-state index in [2.05, 4.69) is 6.58 Å². The van der Waals surface area contributed by atoms with E-state index in [9.17, 15) is 9.90 Å². The molecule has 3 heteroatoms. The van der Waals surface area contributed by atoms with Crippen LogP contribution in [0.2, 0.25) is 0 Å². The zero-order valence-electron chi connectivity index (χ0n) is 10.3. The lowest BCUT2D eigenvalue weighted by Gasteiger charge is -2.27. The van der Waals surface area contributed by atoms with Gasteiger partial charge in [-0.25, -0.2) is 4.79 Å². The Hall–Kier alpha value is -1.61. The van der Waals surface area contributed by atoms with Gasteiger partial charge in [0.2, 0.25) is 0 Å². The molecule has 0 bridgehead atoms. The van der Waals surface area contributed by atoms with E-state index in [0.717, 1.165) is 5.56 Å². The summed E-state index contributed by atoms with van der Waals surface area (Å²) in [6.45, 7) is 7.40. The van der Waals surface area contributed by atoms with Crippen LogP contribution in [0.15, 0.2) is 36.9 Å². The van der Waals surface area contributed by atoms with Gasteiger partial charge in [0.25, 0.3) is 0 Å². The van der Waals surface area contributed by atoms with E-state index in [4.69, 9.17) is 4.74 Å². The maximum absolute atomic E-state index is 11.4. The second kappa shape index (κ2) is 5.64. The van der Waals surface area contributed by atoms with Crippen LogP contribution in [-0.4, -0.2) is 17.7 Å². The highest BCUT2D eigenvalue weighted by atomic mass is 16.5. The summed E-state index contributed by atoms with van der Waals surface area (Å²) < 4.78 is 5.53. The predicted molar refractivity (Wildman–Crippen MR) is 66.9 cm³/mol. The van der Waals surface area contributed by atoms with Gasteiger partial charge < -0.3 is 9.84 Å². The minimum Gasteiger partial charge on any atom is -0.479 e. The molecule has 0 fully saturated rings. The van der Waals surface area contributed by atoms with Crippen molar-refractivity contribution >= 4 is 5.97 Å². The minimum absolute atomic E-state index is 0.348. The van der Waals surface area contributed by atoms with Crippen LogP contribution in [-0.2, 0) is 15.1 Å². The Labute approximate surface area is 102 Å². The zero-order chi connectivity index (χ0) is 12.9. The van der Waals surface area contributed by atoms with Crippen LogP contribution in [0, 0.1) is 6.92 Å². The molecule has 0 radical (unpaired) electrons. The molecule has 1 atom stereocenters. The Balaban J connectivity index is 3.03. The summed E-state index contributed by atoms with van der Waals surface area (Å²) in [4.78, 5) is 11.4. The van der Waals surface area contributed by atoms with E-state index in [1.807, 2.05) is 25.1 Å². The summed E-state index contributed by atoms with van der Waals surface area (Å²) in [6, 6.07) is 7.37. The number of carboxylic acid groups (broad SMARTS) is 1. The van der Waals surface area contributed by atoms with Gasteiger partial charge in [0.1, 0.15) is 0 Å². The van der Waals surface area contributed by atoms with E-state index in [1.54, 1.807) is 19.1 Å². The smallest absolute Gasteiger partial charge is 0.340 e. The van der Waals surface area contributed by atoms with Crippen molar-refractivity contribution in [2.45, 2.75) is 25.9 Å². The predicted octanol–water partition coefficient (Wildman–Crippen LogP) is 2.89. The maximum Gasteiger partial charge on any atom is 0.340 e. The van der Waals surface area contributed by atoms with Crippen molar-refractivity contribution in [2.24, 2.45) is 0 Å². The number of hydrogen-bond donors (Lipinski definition) is 1. The summed E-state index contributed by atoms with van der Waals surface area (Å²) in [6.07, 6.45) is 2.34. The molecule has 0 aromatic heterocycles.